The van der Waals surface area contributed by atoms with E-state index in [1.165, 1.54) is 25.6 Å². The summed E-state index contributed by atoms with van der Waals surface area (Å²) in [5.41, 5.74) is 0. The number of carbonyl (C=O) groups excluding carboxylic acids is 2. The normalized spacial score (nSPS) is 28.9. The summed E-state index contributed by atoms with van der Waals surface area (Å²) in [6, 6.07) is 0. The molecule has 1 heterocycles. The van der Waals surface area contributed by atoms with Crippen molar-refractivity contribution in [2.75, 3.05) is 19.0 Å². The summed E-state index contributed by atoms with van der Waals surface area (Å²) in [6.45, 7) is 14.9. The first-order valence-corrected chi connectivity index (χ1v) is 13.1. The minimum atomic E-state index is -2.07. The molecular weight excluding hydrogens is 388 g/mol. The molecule has 1 aliphatic heterocycles. The van der Waals surface area contributed by atoms with E-state index in [1.807, 2.05) is 6.92 Å². The van der Waals surface area contributed by atoms with Crippen LogP contribution in [-0.2, 0) is 28.2 Å². The number of aliphatic hydroxyl groups excluding tert-OH is 1. The van der Waals surface area contributed by atoms with Gasteiger partial charge in [-0.3, -0.25) is 9.59 Å². The molecule has 0 amide bonds. The van der Waals surface area contributed by atoms with Gasteiger partial charge in [0.25, 0.3) is 0 Å². The van der Waals surface area contributed by atoms with Crippen LogP contribution in [-0.4, -0.2) is 67.6 Å². The number of carbonyl (C=O) groups is 2. The van der Waals surface area contributed by atoms with Crippen LogP contribution in [0.3, 0.4) is 0 Å². The van der Waals surface area contributed by atoms with E-state index in [0.29, 0.717) is 5.75 Å². The summed E-state index contributed by atoms with van der Waals surface area (Å²) in [6.07, 6.45) is -2.40. The van der Waals surface area contributed by atoms with Crippen LogP contribution in [0.4, 0.5) is 0 Å². The quantitative estimate of drug-likeness (QED) is 0.472. The van der Waals surface area contributed by atoms with Crippen molar-refractivity contribution in [3.8, 4) is 0 Å². The van der Waals surface area contributed by atoms with E-state index in [9.17, 15) is 14.7 Å². The summed E-state index contributed by atoms with van der Waals surface area (Å²) in [5.74, 6) is -0.407. The van der Waals surface area contributed by atoms with E-state index in [0.717, 1.165) is 0 Å². The van der Waals surface area contributed by atoms with E-state index in [4.69, 9.17) is 18.6 Å². The predicted octanol–water partition coefficient (Wildman–Crippen LogP) is 2.71. The fourth-order valence-electron chi connectivity index (χ4n) is 2.67. The molecule has 0 spiro atoms. The van der Waals surface area contributed by atoms with Crippen molar-refractivity contribution in [1.82, 2.24) is 0 Å². The summed E-state index contributed by atoms with van der Waals surface area (Å²) in [7, 11) is -2.07. The second-order valence-electron chi connectivity index (χ2n) is 8.23. The Kier molecular flexibility index (Phi) is 8.37. The molecule has 1 N–H and O–H groups in total. The third-order valence-corrected chi connectivity index (χ3v) is 10.8. The molecule has 0 bridgehead atoms. The van der Waals surface area contributed by atoms with Gasteiger partial charge in [-0.25, -0.2) is 0 Å². The van der Waals surface area contributed by atoms with E-state index >= 15 is 0 Å². The third-order valence-electron chi connectivity index (χ3n) is 5.07. The molecule has 158 valence electrons. The van der Waals surface area contributed by atoms with E-state index in [2.05, 4.69) is 33.9 Å². The van der Waals surface area contributed by atoms with Gasteiger partial charge >= 0.3 is 11.9 Å². The Bertz CT molecular complexity index is 534. The second kappa shape index (κ2) is 9.26. The van der Waals surface area contributed by atoms with Gasteiger partial charge in [0, 0.05) is 13.8 Å². The first kappa shape index (κ1) is 24.4. The number of aliphatic hydroxyl groups is 1. The topological polar surface area (TPSA) is 91.3 Å². The van der Waals surface area contributed by atoms with Crippen molar-refractivity contribution in [3.63, 3.8) is 0 Å². The smallest absolute Gasteiger partial charge is 0.303 e. The van der Waals surface area contributed by atoms with Crippen LogP contribution in [0.5, 0.6) is 0 Å². The van der Waals surface area contributed by atoms with Crippen LogP contribution in [0.15, 0.2) is 0 Å². The van der Waals surface area contributed by atoms with Gasteiger partial charge in [0.05, 0.1) is 13.2 Å². The lowest BCUT2D eigenvalue weighted by molar-refractivity contribution is -0.165. The van der Waals surface area contributed by atoms with Crippen LogP contribution in [0, 0.1) is 0 Å². The first-order valence-electron chi connectivity index (χ1n) is 9.20. The summed E-state index contributed by atoms with van der Waals surface area (Å²) in [5, 5.41) is 10.1. The molecule has 1 fully saturated rings. The molecule has 0 unspecified atom stereocenters. The Morgan fingerprint density at radius 2 is 1.74 bits per heavy atom. The number of ether oxygens (including phenoxy) is 3. The van der Waals surface area contributed by atoms with E-state index in [-0.39, 0.29) is 18.3 Å². The molecule has 27 heavy (non-hydrogen) atoms. The van der Waals surface area contributed by atoms with E-state index < -0.39 is 43.5 Å². The molecule has 1 aliphatic rings. The number of thioether (sulfide) groups is 1. The highest BCUT2D eigenvalue weighted by Gasteiger charge is 2.59. The Labute approximate surface area is 167 Å². The summed E-state index contributed by atoms with van der Waals surface area (Å²) in [4.78, 5) is 22.1. The van der Waals surface area contributed by atoms with Crippen molar-refractivity contribution in [1.29, 1.82) is 0 Å². The number of esters is 2. The molecule has 0 aromatic heterocycles. The van der Waals surface area contributed by atoms with Gasteiger partial charge in [-0.05, 0) is 23.9 Å². The molecule has 0 aromatic carbocycles. The molecule has 1 saturated heterocycles. The highest BCUT2D eigenvalue weighted by atomic mass is 32.2. The average molecular weight is 423 g/mol. The molecule has 4 atom stereocenters. The molecular formula is C18H34O7SSi. The van der Waals surface area contributed by atoms with Gasteiger partial charge in [0.15, 0.2) is 25.5 Å². The molecule has 1 rings (SSSR count). The average Bonchev–Trinajstić information content (AvgIpc) is 2.78. The lowest BCUT2D eigenvalue weighted by Gasteiger charge is -2.37. The van der Waals surface area contributed by atoms with Gasteiger partial charge < -0.3 is 23.7 Å². The first-order chi connectivity index (χ1) is 12.3. The van der Waals surface area contributed by atoms with Crippen molar-refractivity contribution in [2.24, 2.45) is 0 Å². The largest absolute Gasteiger partial charge is 0.456 e. The molecule has 9 heteroatoms. The Balaban J connectivity index is 3.16. The predicted molar refractivity (Wildman–Crippen MR) is 107 cm³/mol. The monoisotopic (exact) mass is 422 g/mol. The maximum atomic E-state index is 11.7. The summed E-state index contributed by atoms with van der Waals surface area (Å²) >= 11 is 1.32. The second-order valence-corrected chi connectivity index (χ2v) is 14.6. The zero-order valence-electron chi connectivity index (χ0n) is 17.7. The summed E-state index contributed by atoms with van der Waals surface area (Å²) < 4.78 is 23.3. The Morgan fingerprint density at radius 1 is 1.19 bits per heavy atom. The standard InChI is InChI=1S/C18H34O7SSi/c1-9-26-18(11-19)16(24-13(3)21)15(23-12(2)20)14(25-18)10-22-27(7,8)17(4,5)6/h14-16,19H,9-11H2,1-8H3/t14-,15-,16+,18+/m1/s1. The van der Waals surface area contributed by atoms with Crippen molar-refractivity contribution in [2.45, 2.75) is 82.9 Å². The molecule has 0 aromatic rings. The molecule has 0 aliphatic carbocycles. The van der Waals surface area contributed by atoms with Crippen LogP contribution in [0.25, 0.3) is 0 Å². The van der Waals surface area contributed by atoms with Gasteiger partial charge in [-0.15, -0.1) is 11.8 Å². The van der Waals surface area contributed by atoms with Gasteiger partial charge in [-0.1, -0.05) is 27.7 Å². The lowest BCUT2D eigenvalue weighted by Crippen LogP contribution is -2.48. The maximum Gasteiger partial charge on any atom is 0.303 e. The SMILES string of the molecule is CCS[C@]1(CO)O[C@H](CO[Si](C)(C)C(C)(C)C)[C@@H](OC(C)=O)[C@@H]1OC(C)=O. The minimum absolute atomic E-state index is 0.00402. The van der Waals surface area contributed by atoms with Gasteiger partial charge in [-0.2, -0.15) is 0 Å². The van der Waals surface area contributed by atoms with Crippen LogP contribution in [0.1, 0.15) is 41.5 Å². The van der Waals surface area contributed by atoms with Crippen LogP contribution >= 0.6 is 11.8 Å². The molecule has 0 saturated carbocycles. The van der Waals surface area contributed by atoms with Crippen molar-refractivity contribution >= 4 is 32.0 Å². The highest BCUT2D eigenvalue weighted by Crippen LogP contribution is 2.44. The van der Waals surface area contributed by atoms with Crippen LogP contribution in [0.2, 0.25) is 18.1 Å². The van der Waals surface area contributed by atoms with Crippen molar-refractivity contribution < 1.29 is 33.3 Å². The number of rotatable bonds is 8. The number of hydrogen-bond donors (Lipinski definition) is 1. The van der Waals surface area contributed by atoms with E-state index in [1.54, 1.807) is 0 Å². The van der Waals surface area contributed by atoms with Gasteiger partial charge in [0.1, 0.15) is 6.10 Å². The number of hydrogen-bond acceptors (Lipinski definition) is 8. The Hall–Kier alpha value is -0.613. The molecule has 0 radical (unpaired) electrons. The van der Waals surface area contributed by atoms with Crippen LogP contribution < -0.4 is 0 Å². The fraction of sp³-hybridized carbons (Fsp3) is 0.889. The Morgan fingerprint density at radius 3 is 2.15 bits per heavy atom. The van der Waals surface area contributed by atoms with Crippen molar-refractivity contribution in [3.05, 3.63) is 0 Å². The third kappa shape index (κ3) is 5.93. The lowest BCUT2D eigenvalue weighted by atomic mass is 10.1. The zero-order chi connectivity index (χ0) is 21.0. The fourth-order valence-corrected chi connectivity index (χ4v) is 4.80. The zero-order valence-corrected chi connectivity index (χ0v) is 19.5. The maximum absolute atomic E-state index is 11.7. The highest BCUT2D eigenvalue weighted by molar-refractivity contribution is 8.00. The molecule has 7 nitrogen and oxygen atoms in total. The minimum Gasteiger partial charge on any atom is -0.456 e. The van der Waals surface area contributed by atoms with Gasteiger partial charge in [0.2, 0.25) is 0 Å².